The Morgan fingerprint density at radius 2 is 2.05 bits per heavy atom. The van der Waals surface area contributed by atoms with Crippen molar-refractivity contribution in [3.05, 3.63) is 59.2 Å². The number of anilines is 2. The van der Waals surface area contributed by atoms with Crippen molar-refractivity contribution in [3.63, 3.8) is 0 Å². The van der Waals surface area contributed by atoms with E-state index in [1.54, 1.807) is 6.92 Å². The summed E-state index contributed by atoms with van der Waals surface area (Å²) in [5.41, 5.74) is 6.27. The normalized spacial score (nSPS) is 21.6. The Kier molecular flexibility index (Phi) is 2.36. The van der Waals surface area contributed by atoms with Crippen LogP contribution in [0.2, 0.25) is 0 Å². The van der Waals surface area contributed by atoms with Crippen LogP contribution in [0.25, 0.3) is 0 Å². The molecule has 2 aliphatic rings. The lowest BCUT2D eigenvalue weighted by molar-refractivity contribution is -0.114. The van der Waals surface area contributed by atoms with Gasteiger partial charge in [-0.1, -0.05) is 24.3 Å². The molecular formula is C17H16N2O. The van der Waals surface area contributed by atoms with Gasteiger partial charge in [-0.2, -0.15) is 0 Å². The first kappa shape index (κ1) is 11.5. The van der Waals surface area contributed by atoms with Crippen molar-refractivity contribution in [1.82, 2.24) is 0 Å². The molecule has 0 unspecified atom stereocenters. The molecule has 1 aliphatic heterocycles. The second-order valence-corrected chi connectivity index (χ2v) is 5.61. The van der Waals surface area contributed by atoms with Crippen LogP contribution in [0.1, 0.15) is 35.6 Å². The fourth-order valence-electron chi connectivity index (χ4n) is 3.53. The third-order valence-corrected chi connectivity index (χ3v) is 4.31. The van der Waals surface area contributed by atoms with E-state index in [1.165, 1.54) is 22.4 Å². The van der Waals surface area contributed by atoms with Crippen LogP contribution in [0.4, 0.5) is 11.4 Å². The molecule has 0 aromatic heterocycles. The highest BCUT2D eigenvalue weighted by Gasteiger charge is 2.39. The monoisotopic (exact) mass is 264 g/mol. The molecule has 0 radical (unpaired) electrons. The standard InChI is InChI=1S/C17H16N2O/c1-10(20)18-12-6-7-13-11(8-12)9-15-14-4-2-3-5-16(14)19-17(13)15/h2-8,15,17,19H,9H2,1H3,(H,18,20)/t15-,17-/m0/s1. The predicted octanol–water partition coefficient (Wildman–Crippen LogP) is 3.45. The van der Waals surface area contributed by atoms with Crippen molar-refractivity contribution in [2.24, 2.45) is 0 Å². The predicted molar refractivity (Wildman–Crippen MR) is 80.0 cm³/mol. The number of amides is 1. The first-order valence-corrected chi connectivity index (χ1v) is 6.98. The largest absolute Gasteiger partial charge is 0.377 e. The summed E-state index contributed by atoms with van der Waals surface area (Å²) in [6, 6.07) is 15.2. The number of rotatable bonds is 1. The molecule has 20 heavy (non-hydrogen) atoms. The highest BCUT2D eigenvalue weighted by atomic mass is 16.1. The van der Waals surface area contributed by atoms with Gasteiger partial charge in [-0.25, -0.2) is 0 Å². The zero-order valence-corrected chi connectivity index (χ0v) is 11.3. The van der Waals surface area contributed by atoms with Gasteiger partial charge < -0.3 is 10.6 Å². The molecule has 2 N–H and O–H groups in total. The number of para-hydroxylation sites is 1. The minimum Gasteiger partial charge on any atom is -0.377 e. The molecule has 0 bridgehead atoms. The molecule has 2 atom stereocenters. The smallest absolute Gasteiger partial charge is 0.221 e. The molecule has 1 heterocycles. The molecular weight excluding hydrogens is 248 g/mol. The summed E-state index contributed by atoms with van der Waals surface area (Å²) in [5.74, 6) is 0.500. The number of carbonyl (C=O) groups excluding carboxylic acids is 1. The average Bonchev–Trinajstić information content (AvgIpc) is 2.93. The van der Waals surface area contributed by atoms with E-state index in [-0.39, 0.29) is 5.91 Å². The van der Waals surface area contributed by atoms with E-state index in [0.29, 0.717) is 12.0 Å². The molecule has 1 aliphatic carbocycles. The second-order valence-electron chi connectivity index (χ2n) is 5.61. The summed E-state index contributed by atoms with van der Waals surface area (Å²) >= 11 is 0. The van der Waals surface area contributed by atoms with Gasteiger partial charge in [0.15, 0.2) is 0 Å². The van der Waals surface area contributed by atoms with Crippen LogP contribution in [0.15, 0.2) is 42.5 Å². The highest BCUT2D eigenvalue weighted by Crippen LogP contribution is 2.51. The van der Waals surface area contributed by atoms with Crippen molar-refractivity contribution < 1.29 is 4.79 Å². The molecule has 2 aromatic rings. The Bertz CT molecular complexity index is 708. The first-order chi connectivity index (χ1) is 9.72. The van der Waals surface area contributed by atoms with Gasteiger partial charge in [-0.05, 0) is 41.3 Å². The van der Waals surface area contributed by atoms with Gasteiger partial charge in [0.2, 0.25) is 5.91 Å². The van der Waals surface area contributed by atoms with E-state index >= 15 is 0 Å². The molecule has 1 amide bonds. The van der Waals surface area contributed by atoms with Crippen molar-refractivity contribution in [2.45, 2.75) is 25.3 Å². The molecule has 0 spiro atoms. The number of carbonyl (C=O) groups is 1. The molecule has 3 heteroatoms. The molecule has 100 valence electrons. The topological polar surface area (TPSA) is 41.1 Å². The lowest BCUT2D eigenvalue weighted by Gasteiger charge is -2.12. The maximum absolute atomic E-state index is 11.1. The molecule has 0 saturated heterocycles. The van der Waals surface area contributed by atoms with Gasteiger partial charge in [-0.3, -0.25) is 4.79 Å². The average molecular weight is 264 g/mol. The van der Waals surface area contributed by atoms with Crippen LogP contribution >= 0.6 is 0 Å². The number of hydrogen-bond donors (Lipinski definition) is 2. The SMILES string of the molecule is CC(=O)Nc1ccc2c(c1)C[C@H]1c3ccccc3N[C@@H]21. The van der Waals surface area contributed by atoms with Crippen molar-refractivity contribution in [2.75, 3.05) is 10.6 Å². The van der Waals surface area contributed by atoms with E-state index < -0.39 is 0 Å². The molecule has 0 fully saturated rings. The summed E-state index contributed by atoms with van der Waals surface area (Å²) in [6.07, 6.45) is 1.04. The van der Waals surface area contributed by atoms with Crippen LogP contribution in [0, 0.1) is 0 Å². The second kappa shape index (κ2) is 4.10. The van der Waals surface area contributed by atoms with Gasteiger partial charge in [0.1, 0.15) is 0 Å². The van der Waals surface area contributed by atoms with Crippen molar-refractivity contribution in [1.29, 1.82) is 0 Å². The summed E-state index contributed by atoms with van der Waals surface area (Å²) in [6.45, 7) is 1.54. The van der Waals surface area contributed by atoms with Gasteiger partial charge in [0.25, 0.3) is 0 Å². The zero-order chi connectivity index (χ0) is 13.7. The fraction of sp³-hybridized carbons (Fsp3) is 0.235. The van der Waals surface area contributed by atoms with Crippen LogP contribution < -0.4 is 10.6 Å². The maximum atomic E-state index is 11.1. The minimum atomic E-state index is -0.0217. The van der Waals surface area contributed by atoms with E-state index in [0.717, 1.165) is 12.1 Å². The Hall–Kier alpha value is -2.29. The highest BCUT2D eigenvalue weighted by molar-refractivity contribution is 5.88. The Morgan fingerprint density at radius 1 is 1.20 bits per heavy atom. The van der Waals surface area contributed by atoms with E-state index in [1.807, 2.05) is 6.07 Å². The summed E-state index contributed by atoms with van der Waals surface area (Å²) in [7, 11) is 0. The summed E-state index contributed by atoms with van der Waals surface area (Å²) < 4.78 is 0. The van der Waals surface area contributed by atoms with Crippen LogP contribution in [0.5, 0.6) is 0 Å². The summed E-state index contributed by atoms with van der Waals surface area (Å²) in [4.78, 5) is 11.1. The Labute approximate surface area is 118 Å². The third kappa shape index (κ3) is 1.63. The van der Waals surface area contributed by atoms with Crippen molar-refractivity contribution in [3.8, 4) is 0 Å². The van der Waals surface area contributed by atoms with Crippen LogP contribution in [-0.2, 0) is 11.2 Å². The molecule has 2 aromatic carbocycles. The van der Waals surface area contributed by atoms with E-state index in [2.05, 4.69) is 47.0 Å². The number of nitrogens with one attached hydrogen (secondary N) is 2. The lowest BCUT2D eigenvalue weighted by Crippen LogP contribution is -2.07. The van der Waals surface area contributed by atoms with E-state index in [4.69, 9.17) is 0 Å². The van der Waals surface area contributed by atoms with Gasteiger partial charge in [-0.15, -0.1) is 0 Å². The quantitative estimate of drug-likeness (QED) is 0.828. The summed E-state index contributed by atoms with van der Waals surface area (Å²) in [5, 5.41) is 6.49. The third-order valence-electron chi connectivity index (χ3n) is 4.31. The number of hydrogen-bond acceptors (Lipinski definition) is 2. The molecule has 3 nitrogen and oxygen atoms in total. The number of fused-ring (bicyclic) bond motifs is 5. The van der Waals surface area contributed by atoms with Gasteiger partial charge in [0.05, 0.1) is 6.04 Å². The van der Waals surface area contributed by atoms with Gasteiger partial charge in [0, 0.05) is 24.2 Å². The first-order valence-electron chi connectivity index (χ1n) is 6.98. The van der Waals surface area contributed by atoms with E-state index in [9.17, 15) is 4.79 Å². The number of benzene rings is 2. The molecule has 0 saturated carbocycles. The maximum Gasteiger partial charge on any atom is 0.221 e. The Morgan fingerprint density at radius 3 is 2.90 bits per heavy atom. The Balaban J connectivity index is 1.70. The van der Waals surface area contributed by atoms with Crippen LogP contribution in [0.3, 0.4) is 0 Å². The minimum absolute atomic E-state index is 0.0217. The van der Waals surface area contributed by atoms with Crippen molar-refractivity contribution >= 4 is 17.3 Å². The molecule has 4 rings (SSSR count). The van der Waals surface area contributed by atoms with Crippen LogP contribution in [-0.4, -0.2) is 5.91 Å². The fourth-order valence-corrected chi connectivity index (χ4v) is 3.53. The zero-order valence-electron chi connectivity index (χ0n) is 11.3. The lowest BCUT2D eigenvalue weighted by atomic mass is 9.96. The van der Waals surface area contributed by atoms with Gasteiger partial charge >= 0.3 is 0 Å².